The van der Waals surface area contributed by atoms with Crippen LogP contribution in [-0.4, -0.2) is 43.2 Å². The molecule has 0 aromatic carbocycles. The van der Waals surface area contributed by atoms with E-state index < -0.39 is 0 Å². The Bertz CT molecular complexity index is 676. The number of nitrogens with zero attached hydrogens (tertiary/aromatic N) is 2. The van der Waals surface area contributed by atoms with E-state index in [1.54, 1.807) is 17.4 Å². The second-order valence-corrected chi connectivity index (χ2v) is 8.29. The first-order chi connectivity index (χ1) is 13.8. The molecule has 6 nitrogen and oxygen atoms in total. The van der Waals surface area contributed by atoms with Crippen molar-refractivity contribution in [1.82, 2.24) is 10.2 Å². The Hall–Kier alpha value is -1.99. The lowest BCUT2D eigenvalue weighted by atomic mass is 10.1. The SMILES string of the molecule is C1CCNCC1.O=C(Nc1cccs1)N1CCCCC1.O=C=Nc1cccs1. The monoisotopic (exact) mass is 420 g/mol. The number of nitrogens with one attached hydrogen (secondary N) is 2. The molecule has 0 bridgehead atoms. The molecule has 4 rings (SSSR count). The molecule has 8 heteroatoms. The first-order valence-electron chi connectivity index (χ1n) is 9.71. The van der Waals surface area contributed by atoms with Gasteiger partial charge in [-0.1, -0.05) is 6.42 Å². The first-order valence-corrected chi connectivity index (χ1v) is 11.5. The van der Waals surface area contributed by atoms with Gasteiger partial charge >= 0.3 is 6.03 Å². The summed E-state index contributed by atoms with van der Waals surface area (Å²) in [6, 6.07) is 7.51. The quantitative estimate of drug-likeness (QED) is 0.515. The maximum absolute atomic E-state index is 11.7. The van der Waals surface area contributed by atoms with E-state index in [9.17, 15) is 9.59 Å². The minimum atomic E-state index is 0.0483. The summed E-state index contributed by atoms with van der Waals surface area (Å²) in [6.07, 6.45) is 9.20. The Morgan fingerprint density at radius 3 is 2.18 bits per heavy atom. The molecule has 2 aromatic heterocycles. The molecule has 152 valence electrons. The number of likely N-dealkylation sites (tertiary alicyclic amines) is 1. The highest BCUT2D eigenvalue weighted by atomic mass is 32.1. The van der Waals surface area contributed by atoms with Crippen LogP contribution in [0.3, 0.4) is 0 Å². The van der Waals surface area contributed by atoms with Gasteiger partial charge < -0.3 is 10.2 Å². The predicted octanol–water partition coefficient (Wildman–Crippen LogP) is 5.24. The second kappa shape index (κ2) is 14.1. The molecule has 0 atom stereocenters. The first kappa shape index (κ1) is 22.3. The molecule has 0 aliphatic carbocycles. The lowest BCUT2D eigenvalue weighted by molar-refractivity contribution is 0.200. The summed E-state index contributed by atoms with van der Waals surface area (Å²) in [5, 5.41) is 11.6. The number of urea groups is 1. The maximum Gasteiger partial charge on any atom is 0.322 e. The third-order valence-corrected chi connectivity index (χ3v) is 5.81. The normalized spacial score (nSPS) is 15.8. The maximum atomic E-state index is 11.7. The van der Waals surface area contributed by atoms with E-state index in [1.165, 1.54) is 56.2 Å². The molecular formula is C20H28N4O2S2. The van der Waals surface area contributed by atoms with Crippen molar-refractivity contribution in [3.63, 3.8) is 0 Å². The molecule has 0 spiro atoms. The van der Waals surface area contributed by atoms with E-state index >= 15 is 0 Å². The third kappa shape index (κ3) is 9.28. The van der Waals surface area contributed by atoms with Gasteiger partial charge in [0.25, 0.3) is 0 Å². The molecule has 2 aliphatic rings. The van der Waals surface area contributed by atoms with Gasteiger partial charge in [0.05, 0.1) is 5.00 Å². The minimum absolute atomic E-state index is 0.0483. The van der Waals surface area contributed by atoms with Gasteiger partial charge in [-0.05, 0) is 80.2 Å². The summed E-state index contributed by atoms with van der Waals surface area (Å²) in [5.74, 6) is 0. The number of rotatable bonds is 2. The van der Waals surface area contributed by atoms with Crippen LogP contribution in [0.25, 0.3) is 0 Å². The number of hydrogen-bond donors (Lipinski definition) is 2. The van der Waals surface area contributed by atoms with Crippen LogP contribution in [-0.2, 0) is 4.79 Å². The minimum Gasteiger partial charge on any atom is -0.325 e. The second-order valence-electron chi connectivity index (χ2n) is 6.42. The van der Waals surface area contributed by atoms with Crippen molar-refractivity contribution in [2.24, 2.45) is 4.99 Å². The predicted molar refractivity (Wildman–Crippen MR) is 118 cm³/mol. The van der Waals surface area contributed by atoms with E-state index in [-0.39, 0.29) is 6.03 Å². The number of carbonyl (C=O) groups excluding carboxylic acids is 2. The van der Waals surface area contributed by atoms with Crippen LogP contribution in [0.2, 0.25) is 0 Å². The van der Waals surface area contributed by atoms with Gasteiger partial charge in [-0.2, -0.15) is 4.99 Å². The van der Waals surface area contributed by atoms with Gasteiger partial charge in [0.2, 0.25) is 6.08 Å². The molecular weight excluding hydrogens is 392 g/mol. The van der Waals surface area contributed by atoms with Crippen LogP contribution < -0.4 is 10.6 Å². The lowest BCUT2D eigenvalue weighted by Crippen LogP contribution is -2.38. The Kier molecular flexibility index (Phi) is 11.2. The Morgan fingerprint density at radius 1 is 1.00 bits per heavy atom. The van der Waals surface area contributed by atoms with Gasteiger partial charge in [0.1, 0.15) is 5.00 Å². The van der Waals surface area contributed by atoms with Gasteiger partial charge in [-0.3, -0.25) is 5.32 Å². The third-order valence-electron chi connectivity index (χ3n) is 4.26. The van der Waals surface area contributed by atoms with Gasteiger partial charge in [-0.15, -0.1) is 22.7 Å². The molecule has 2 amide bonds. The van der Waals surface area contributed by atoms with Crippen molar-refractivity contribution in [1.29, 1.82) is 0 Å². The highest BCUT2D eigenvalue weighted by Crippen LogP contribution is 2.18. The summed E-state index contributed by atoms with van der Waals surface area (Å²) < 4.78 is 0. The van der Waals surface area contributed by atoms with Crippen LogP contribution in [0, 0.1) is 0 Å². The Balaban J connectivity index is 0.000000169. The van der Waals surface area contributed by atoms with E-state index in [2.05, 4.69) is 15.6 Å². The van der Waals surface area contributed by atoms with E-state index in [0.29, 0.717) is 5.00 Å². The van der Waals surface area contributed by atoms with Crippen LogP contribution >= 0.6 is 22.7 Å². The highest BCUT2D eigenvalue weighted by Gasteiger charge is 2.16. The van der Waals surface area contributed by atoms with E-state index in [4.69, 9.17) is 0 Å². The summed E-state index contributed by atoms with van der Waals surface area (Å²) in [6.45, 7) is 4.30. The number of aliphatic imine (C=N–C) groups is 1. The molecule has 2 saturated heterocycles. The smallest absolute Gasteiger partial charge is 0.322 e. The Morgan fingerprint density at radius 2 is 1.68 bits per heavy atom. The average molecular weight is 421 g/mol. The van der Waals surface area contributed by atoms with Crippen LogP contribution in [0.1, 0.15) is 38.5 Å². The number of isocyanates is 1. The summed E-state index contributed by atoms with van der Waals surface area (Å²) in [4.78, 5) is 26.5. The molecule has 2 aliphatic heterocycles. The van der Waals surface area contributed by atoms with Crippen molar-refractivity contribution in [3.05, 3.63) is 35.0 Å². The van der Waals surface area contributed by atoms with Gasteiger partial charge in [0, 0.05) is 13.1 Å². The number of anilines is 1. The van der Waals surface area contributed by atoms with Crippen LogP contribution in [0.5, 0.6) is 0 Å². The van der Waals surface area contributed by atoms with Gasteiger partial charge in [-0.25, -0.2) is 9.59 Å². The Labute approximate surface area is 174 Å². The van der Waals surface area contributed by atoms with Crippen LogP contribution in [0.15, 0.2) is 40.0 Å². The number of thiophene rings is 2. The molecule has 2 aromatic rings. The molecule has 4 heterocycles. The number of carbonyl (C=O) groups is 1. The fourth-order valence-corrected chi connectivity index (χ4v) is 3.96. The average Bonchev–Trinajstić information content (AvgIpc) is 3.46. The largest absolute Gasteiger partial charge is 0.325 e. The van der Waals surface area contributed by atoms with Crippen LogP contribution in [0.4, 0.5) is 14.8 Å². The molecule has 28 heavy (non-hydrogen) atoms. The van der Waals surface area contributed by atoms with Crippen molar-refractivity contribution in [2.45, 2.75) is 38.5 Å². The van der Waals surface area contributed by atoms with E-state index in [0.717, 1.165) is 30.9 Å². The molecule has 2 N–H and O–H groups in total. The summed E-state index contributed by atoms with van der Waals surface area (Å²) in [7, 11) is 0. The van der Waals surface area contributed by atoms with Gasteiger partial charge in [0.15, 0.2) is 0 Å². The zero-order valence-corrected chi connectivity index (χ0v) is 17.7. The molecule has 0 radical (unpaired) electrons. The fraction of sp³-hybridized carbons (Fsp3) is 0.500. The van der Waals surface area contributed by atoms with E-state index in [1.807, 2.05) is 33.9 Å². The van der Waals surface area contributed by atoms with Crippen molar-refractivity contribution < 1.29 is 9.59 Å². The van der Waals surface area contributed by atoms with Crippen molar-refractivity contribution in [2.75, 3.05) is 31.5 Å². The molecule has 0 saturated carbocycles. The number of hydrogen-bond acceptors (Lipinski definition) is 6. The molecule has 2 fully saturated rings. The van der Waals surface area contributed by atoms with Crippen molar-refractivity contribution in [3.8, 4) is 0 Å². The standard InChI is InChI=1S/C10H14N2OS.C5H3NOS.C5H11N/c13-10(11-9-5-4-8-14-9)12-6-2-1-3-7-12;7-4-6-5-2-1-3-8-5;1-2-4-6-5-3-1/h4-5,8H,1-3,6-7H2,(H,11,13);1-3H;6H,1-5H2. The lowest BCUT2D eigenvalue weighted by Gasteiger charge is -2.26. The zero-order chi connectivity index (χ0) is 19.9. The highest BCUT2D eigenvalue weighted by molar-refractivity contribution is 7.14. The zero-order valence-electron chi connectivity index (χ0n) is 16.1. The summed E-state index contributed by atoms with van der Waals surface area (Å²) in [5.41, 5.74) is 0. The number of amides is 2. The molecule has 0 unspecified atom stereocenters. The fourth-order valence-electron chi connectivity index (χ4n) is 2.81. The number of piperidine rings is 2. The summed E-state index contributed by atoms with van der Waals surface area (Å²) >= 11 is 2.97. The topological polar surface area (TPSA) is 73.8 Å². The van der Waals surface area contributed by atoms with Crippen molar-refractivity contribution >= 4 is 44.8 Å².